The number of allylic oxidation sites excluding steroid dienone is 1. The number of methoxy groups -OCH3 is 1. The van der Waals surface area contributed by atoms with Gasteiger partial charge in [0.25, 0.3) is 5.91 Å². The summed E-state index contributed by atoms with van der Waals surface area (Å²) in [5.74, 6) is -0.389. The zero-order chi connectivity index (χ0) is 20.1. The molecule has 0 bridgehead atoms. The molecule has 0 aliphatic carbocycles. The second-order valence-electron chi connectivity index (χ2n) is 6.93. The van der Waals surface area contributed by atoms with Crippen molar-refractivity contribution in [2.24, 2.45) is 5.92 Å². The van der Waals surface area contributed by atoms with Crippen LogP contribution in [0.3, 0.4) is 0 Å². The van der Waals surface area contributed by atoms with Crippen molar-refractivity contribution >= 4 is 11.9 Å². The number of amides is 1. The fraction of sp³-hybridized carbons (Fsp3) is 0.524. The number of hydrogen-bond acceptors (Lipinski definition) is 6. The second-order valence-corrected chi connectivity index (χ2v) is 6.93. The molecule has 2 aliphatic heterocycles. The van der Waals surface area contributed by atoms with Gasteiger partial charge in [0, 0.05) is 38.1 Å². The first-order valence-electron chi connectivity index (χ1n) is 9.67. The van der Waals surface area contributed by atoms with E-state index in [4.69, 9.17) is 14.2 Å². The maximum absolute atomic E-state index is 12.6. The summed E-state index contributed by atoms with van der Waals surface area (Å²) in [4.78, 5) is 26.0. The van der Waals surface area contributed by atoms with Crippen LogP contribution >= 0.6 is 0 Å². The molecule has 7 heteroatoms. The molecule has 2 aliphatic rings. The maximum Gasteiger partial charge on any atom is 0.337 e. The molecule has 1 aromatic carbocycles. The lowest BCUT2D eigenvalue weighted by molar-refractivity contribution is -0.168. The quantitative estimate of drug-likeness (QED) is 0.541. The van der Waals surface area contributed by atoms with E-state index in [2.05, 4.69) is 0 Å². The van der Waals surface area contributed by atoms with E-state index in [0.717, 1.165) is 18.7 Å². The number of carbonyl (C=O) groups excluding carboxylic acids is 2. The number of hydrogen-bond donors (Lipinski definition) is 1. The van der Waals surface area contributed by atoms with E-state index in [-0.39, 0.29) is 24.3 Å². The summed E-state index contributed by atoms with van der Waals surface area (Å²) < 4.78 is 16.5. The van der Waals surface area contributed by atoms with Gasteiger partial charge in [0.1, 0.15) is 0 Å². The summed E-state index contributed by atoms with van der Waals surface area (Å²) in [5.41, 5.74) is 1.43. The lowest BCUT2D eigenvalue weighted by atomic mass is 9.80. The lowest BCUT2D eigenvalue weighted by Gasteiger charge is -2.37. The third-order valence-corrected chi connectivity index (χ3v) is 5.07. The summed E-state index contributed by atoms with van der Waals surface area (Å²) >= 11 is 0. The molecule has 1 amide bonds. The Balaban J connectivity index is 1.93. The summed E-state index contributed by atoms with van der Waals surface area (Å²) in [7, 11) is 1.35. The molecule has 1 N–H and O–H groups in total. The average molecular weight is 389 g/mol. The van der Waals surface area contributed by atoms with Crippen LogP contribution in [0.4, 0.5) is 0 Å². The number of carbonyl (C=O) groups is 2. The highest BCUT2D eigenvalue weighted by Gasteiger charge is 2.40. The molecule has 1 aromatic rings. The van der Waals surface area contributed by atoms with Gasteiger partial charge in [0.15, 0.2) is 5.76 Å². The number of aliphatic hydroxyl groups is 1. The first kappa shape index (κ1) is 20.4. The zero-order valence-electron chi connectivity index (χ0n) is 16.3. The van der Waals surface area contributed by atoms with Crippen molar-refractivity contribution in [2.45, 2.75) is 32.0 Å². The second kappa shape index (κ2) is 9.21. The average Bonchev–Trinajstić information content (AvgIpc) is 3.57. The molecule has 7 nitrogen and oxygen atoms in total. The van der Waals surface area contributed by atoms with Crippen molar-refractivity contribution in [3.8, 4) is 0 Å². The largest absolute Gasteiger partial charge is 0.465 e. The Morgan fingerprint density at radius 2 is 1.96 bits per heavy atom. The monoisotopic (exact) mass is 389 g/mol. The van der Waals surface area contributed by atoms with E-state index >= 15 is 0 Å². The molecule has 0 saturated carbocycles. The standard InChI is InChI=1S/C21H27NO6/c1-3-27-21-16(5-4-12-23)17(13-18(28-21)19(24)22-10-11-22)14-6-8-15(9-7-14)20(25)26-2/h6-9,13,16-17,21,23H,3-5,10-12H2,1-2H3/t16-,17+,21+/m1/s1. The van der Waals surface area contributed by atoms with Gasteiger partial charge in [0.05, 0.1) is 12.7 Å². The molecular formula is C21H27NO6. The fourth-order valence-corrected chi connectivity index (χ4v) is 3.51. The van der Waals surface area contributed by atoms with Gasteiger partial charge in [-0.1, -0.05) is 12.1 Å². The van der Waals surface area contributed by atoms with Gasteiger partial charge in [-0.3, -0.25) is 4.79 Å². The molecule has 28 heavy (non-hydrogen) atoms. The summed E-state index contributed by atoms with van der Waals surface area (Å²) in [6, 6.07) is 7.17. The zero-order valence-corrected chi connectivity index (χ0v) is 16.3. The van der Waals surface area contributed by atoms with Crippen LogP contribution in [-0.2, 0) is 19.0 Å². The topological polar surface area (TPSA) is 85.1 Å². The van der Waals surface area contributed by atoms with E-state index < -0.39 is 12.3 Å². The first-order valence-corrected chi connectivity index (χ1v) is 9.67. The Labute approximate surface area is 164 Å². The Morgan fingerprint density at radius 1 is 1.25 bits per heavy atom. The van der Waals surface area contributed by atoms with Gasteiger partial charge in [-0.15, -0.1) is 0 Å². The van der Waals surface area contributed by atoms with E-state index in [0.29, 0.717) is 30.8 Å². The minimum absolute atomic E-state index is 0.0539. The normalized spacial score (nSPS) is 23.6. The molecule has 0 radical (unpaired) electrons. The molecule has 1 fully saturated rings. The minimum Gasteiger partial charge on any atom is -0.465 e. The molecule has 3 rings (SSSR count). The SMILES string of the molecule is CCO[C@H]1OC(C(=O)N2CC2)=C[C@@H](c2ccc(C(=O)OC)cc2)[C@H]1CCCO. The highest BCUT2D eigenvalue weighted by Crippen LogP contribution is 2.40. The van der Waals surface area contributed by atoms with Crippen molar-refractivity contribution in [3.05, 3.63) is 47.2 Å². The van der Waals surface area contributed by atoms with E-state index in [1.807, 2.05) is 25.1 Å². The van der Waals surface area contributed by atoms with Crippen molar-refractivity contribution in [1.82, 2.24) is 4.90 Å². The van der Waals surface area contributed by atoms with Crippen molar-refractivity contribution < 1.29 is 28.9 Å². The number of benzene rings is 1. The van der Waals surface area contributed by atoms with Crippen LogP contribution < -0.4 is 0 Å². The van der Waals surface area contributed by atoms with Crippen LogP contribution in [0.15, 0.2) is 36.1 Å². The molecule has 1 saturated heterocycles. The highest BCUT2D eigenvalue weighted by atomic mass is 16.7. The smallest absolute Gasteiger partial charge is 0.337 e. The molecule has 3 atom stereocenters. The van der Waals surface area contributed by atoms with Gasteiger partial charge in [0.2, 0.25) is 6.29 Å². The van der Waals surface area contributed by atoms with Crippen molar-refractivity contribution in [3.63, 3.8) is 0 Å². The number of ether oxygens (including phenoxy) is 3. The van der Waals surface area contributed by atoms with Crippen LogP contribution in [0, 0.1) is 5.92 Å². The van der Waals surface area contributed by atoms with Crippen LogP contribution in [0.25, 0.3) is 0 Å². The molecular weight excluding hydrogens is 362 g/mol. The molecule has 2 heterocycles. The van der Waals surface area contributed by atoms with Crippen LogP contribution in [-0.4, -0.2) is 61.6 Å². The highest BCUT2D eigenvalue weighted by molar-refractivity contribution is 5.93. The Kier molecular flexibility index (Phi) is 6.70. The third-order valence-electron chi connectivity index (χ3n) is 5.07. The van der Waals surface area contributed by atoms with E-state index in [1.54, 1.807) is 17.0 Å². The van der Waals surface area contributed by atoms with Gasteiger partial charge in [-0.05, 0) is 43.5 Å². The lowest BCUT2D eigenvalue weighted by Crippen LogP contribution is -2.37. The number of rotatable bonds is 8. The Bertz CT molecular complexity index is 725. The van der Waals surface area contributed by atoms with E-state index in [9.17, 15) is 14.7 Å². The van der Waals surface area contributed by atoms with Gasteiger partial charge in [-0.2, -0.15) is 0 Å². The molecule has 0 aromatic heterocycles. The van der Waals surface area contributed by atoms with Crippen molar-refractivity contribution in [2.75, 3.05) is 33.4 Å². The number of nitrogens with zero attached hydrogens (tertiary/aromatic N) is 1. The van der Waals surface area contributed by atoms with E-state index in [1.165, 1.54) is 7.11 Å². The van der Waals surface area contributed by atoms with Crippen molar-refractivity contribution in [1.29, 1.82) is 0 Å². The summed E-state index contributed by atoms with van der Waals surface area (Å²) in [5, 5.41) is 9.31. The molecule has 0 spiro atoms. The van der Waals surface area contributed by atoms with Gasteiger partial charge >= 0.3 is 5.97 Å². The maximum atomic E-state index is 12.6. The van der Waals surface area contributed by atoms with Gasteiger partial charge < -0.3 is 24.2 Å². The fourth-order valence-electron chi connectivity index (χ4n) is 3.51. The minimum atomic E-state index is -0.564. The Hall–Kier alpha value is -2.38. The molecule has 152 valence electrons. The predicted molar refractivity (Wildman–Crippen MR) is 101 cm³/mol. The number of esters is 1. The third kappa shape index (κ3) is 4.54. The first-order chi connectivity index (χ1) is 13.6. The van der Waals surface area contributed by atoms with Crippen LogP contribution in [0.5, 0.6) is 0 Å². The Morgan fingerprint density at radius 3 is 2.54 bits per heavy atom. The number of aliphatic hydroxyl groups excluding tert-OH is 1. The molecule has 0 unspecified atom stereocenters. The predicted octanol–water partition coefficient (Wildman–Crippen LogP) is 2.06. The summed E-state index contributed by atoms with van der Waals surface area (Å²) in [6.45, 7) is 3.90. The summed E-state index contributed by atoms with van der Waals surface area (Å²) in [6.07, 6.45) is 2.58. The van der Waals surface area contributed by atoms with Crippen LogP contribution in [0.2, 0.25) is 0 Å². The van der Waals surface area contributed by atoms with Crippen LogP contribution in [0.1, 0.15) is 41.6 Å². The van der Waals surface area contributed by atoms with Gasteiger partial charge in [-0.25, -0.2) is 4.79 Å².